The first-order chi connectivity index (χ1) is 24.9. The quantitative estimate of drug-likeness (QED) is 0.101. The molecule has 7 amide bonds. The van der Waals surface area contributed by atoms with Crippen LogP contribution < -0.4 is 10.6 Å². The molecule has 53 heavy (non-hydrogen) atoms. The minimum absolute atomic E-state index is 0.104. The van der Waals surface area contributed by atoms with Crippen LogP contribution in [-0.2, 0) is 42.0 Å². The molecule has 280 valence electrons. The maximum Gasteiger partial charge on any atom is 0.352 e. The molecular formula is C38H48N5O8Si2+. The summed E-state index contributed by atoms with van der Waals surface area (Å²) in [5.41, 5.74) is 0.317. The summed E-state index contributed by atoms with van der Waals surface area (Å²) in [6.45, 7) is 17.3. The number of carbonyl (C=O) groups is 5. The zero-order valence-corrected chi connectivity index (χ0v) is 33.3. The van der Waals surface area contributed by atoms with Crippen LogP contribution in [-0.4, -0.2) is 106 Å². The van der Waals surface area contributed by atoms with Crippen LogP contribution in [0.15, 0.2) is 36.4 Å². The molecule has 2 aromatic rings. The Labute approximate surface area is 312 Å². The van der Waals surface area contributed by atoms with Gasteiger partial charge in [0.15, 0.2) is 0 Å². The van der Waals surface area contributed by atoms with E-state index >= 15 is 0 Å². The summed E-state index contributed by atoms with van der Waals surface area (Å²) in [5.74, 6) is 5.27. The monoisotopic (exact) mass is 758 g/mol. The summed E-state index contributed by atoms with van der Waals surface area (Å²) in [5, 5.41) is 5.71. The lowest BCUT2D eigenvalue weighted by molar-refractivity contribution is -0.354. The number of hydrogen-bond acceptors (Lipinski definition) is 7. The molecule has 0 radical (unpaired) electrons. The molecule has 2 atom stereocenters. The summed E-state index contributed by atoms with van der Waals surface area (Å²) in [6.07, 6.45) is 0.906. The number of carbonyl (C=O) groups excluding carboxylic acids is 6. The van der Waals surface area contributed by atoms with Crippen LogP contribution in [0.4, 0.5) is 9.59 Å². The first kappa shape index (κ1) is 38.1. The maximum atomic E-state index is 14.1. The molecule has 0 bridgehead atoms. The largest absolute Gasteiger partial charge is 0.361 e. The second kappa shape index (κ2) is 14.3. The molecule has 0 saturated carbocycles. The van der Waals surface area contributed by atoms with E-state index in [-0.39, 0.29) is 38.4 Å². The minimum atomic E-state index is -1.76. The predicted molar refractivity (Wildman–Crippen MR) is 202 cm³/mol. The number of amides is 7. The Morgan fingerprint density at radius 3 is 2.11 bits per heavy atom. The number of urea groups is 2. The number of hydrogen-bond donors (Lipinski definition) is 2. The second-order valence-electron chi connectivity index (χ2n) is 16.6. The summed E-state index contributed by atoms with van der Waals surface area (Å²) in [4.78, 5) is 71.3. The van der Waals surface area contributed by atoms with E-state index in [4.69, 9.17) is 13.9 Å². The zero-order valence-electron chi connectivity index (χ0n) is 31.3. The average molecular weight is 759 g/mol. The Balaban J connectivity index is 1.24. The van der Waals surface area contributed by atoms with Crippen molar-refractivity contribution in [3.63, 3.8) is 0 Å². The van der Waals surface area contributed by atoms with Crippen molar-refractivity contribution in [1.82, 2.24) is 25.3 Å². The van der Waals surface area contributed by atoms with Gasteiger partial charge >= 0.3 is 17.8 Å². The molecule has 0 unspecified atom stereocenters. The molecule has 2 N–H and O–H groups in total. The molecule has 6 rings (SSSR count). The third kappa shape index (κ3) is 7.72. The Morgan fingerprint density at radius 2 is 1.47 bits per heavy atom. The van der Waals surface area contributed by atoms with Crippen molar-refractivity contribution in [1.29, 1.82) is 0 Å². The number of aryl methyl sites for hydroxylation is 1. The lowest BCUT2D eigenvalue weighted by Crippen LogP contribution is -2.54. The van der Waals surface area contributed by atoms with Crippen LogP contribution in [0.1, 0.15) is 39.0 Å². The molecule has 2 fully saturated rings. The van der Waals surface area contributed by atoms with Gasteiger partial charge in [0.05, 0.1) is 18.2 Å². The van der Waals surface area contributed by atoms with E-state index < -0.39 is 45.2 Å². The molecule has 0 aromatic heterocycles. The number of nitrogens with zero attached hydrogens (tertiary/aromatic N) is 3. The molecular weight excluding hydrogens is 711 g/mol. The van der Waals surface area contributed by atoms with Gasteiger partial charge in [-0.1, -0.05) is 57.2 Å². The topological polar surface area (TPSA) is 149 Å². The van der Waals surface area contributed by atoms with Gasteiger partial charge < -0.3 is 25.0 Å². The van der Waals surface area contributed by atoms with Crippen LogP contribution in [0.3, 0.4) is 0 Å². The van der Waals surface area contributed by atoms with Crippen LogP contribution in [0.2, 0.25) is 51.4 Å². The molecule has 13 nitrogen and oxygen atoms in total. The summed E-state index contributed by atoms with van der Waals surface area (Å²) >= 11 is 0. The first-order valence-corrected chi connectivity index (χ1v) is 25.3. The molecule has 3 heterocycles. The molecule has 4 aliphatic rings. The summed E-state index contributed by atoms with van der Waals surface area (Å²) < 4.78 is 16.6. The number of nitrogens with one attached hydrogen (secondary N) is 2. The number of rotatable bonds is 13. The van der Waals surface area contributed by atoms with E-state index in [9.17, 15) is 24.0 Å². The van der Waals surface area contributed by atoms with Gasteiger partial charge in [0.2, 0.25) is 5.54 Å². The fourth-order valence-corrected chi connectivity index (χ4v) is 8.43. The Morgan fingerprint density at radius 1 is 0.830 bits per heavy atom. The van der Waals surface area contributed by atoms with Gasteiger partial charge in [0, 0.05) is 47.5 Å². The standard InChI is InChI=1S/C38H47N5O8Si2/c1-49-29-10-9-28-22-41(32(44)30(28)21-29)23-37(33(45)42(35(47)39-37)24-50-16-18-52(2,3)4)14-12-26-8-11-31-27(20-26)13-15-38(31)34(46)43(36(48)40-38)25-51-17-19-53(5,6)7/h8-11,20-21H,1,13,15-19,22-25H2,2-7H3,(H-,39,40,47,48)/p+1/t37-,38-/m1/s1. The van der Waals surface area contributed by atoms with Crippen molar-refractivity contribution in [3.05, 3.63) is 64.2 Å². The van der Waals surface area contributed by atoms with Crippen LogP contribution in [0, 0.1) is 11.8 Å². The Hall–Kier alpha value is -4.63. The Bertz CT molecular complexity index is 1950. The van der Waals surface area contributed by atoms with Crippen molar-refractivity contribution in [2.24, 2.45) is 0 Å². The molecule has 2 aromatic carbocycles. The summed E-state index contributed by atoms with van der Waals surface area (Å²) in [7, 11) is -2.75. The normalized spacial score (nSPS) is 22.3. The van der Waals surface area contributed by atoms with E-state index in [1.165, 1.54) is 4.90 Å². The highest BCUT2D eigenvalue weighted by atomic mass is 28.3. The van der Waals surface area contributed by atoms with Crippen LogP contribution in [0.5, 0.6) is 5.75 Å². The highest BCUT2D eigenvalue weighted by Crippen LogP contribution is 2.42. The third-order valence-corrected chi connectivity index (χ3v) is 13.5. The van der Waals surface area contributed by atoms with Gasteiger partial charge in [0.25, 0.3) is 24.5 Å². The Kier molecular flexibility index (Phi) is 10.3. The van der Waals surface area contributed by atoms with Gasteiger partial charge in [-0.2, -0.15) is 0 Å². The molecule has 15 heteroatoms. The van der Waals surface area contributed by atoms with Crippen molar-refractivity contribution in [2.75, 3.05) is 33.2 Å². The predicted octanol–water partition coefficient (Wildman–Crippen LogP) is 4.38. The van der Waals surface area contributed by atoms with E-state index in [1.807, 2.05) is 6.07 Å². The molecule has 3 aliphatic heterocycles. The maximum absolute atomic E-state index is 14.1. The zero-order chi connectivity index (χ0) is 38.3. The molecule has 2 saturated heterocycles. The van der Waals surface area contributed by atoms with E-state index in [1.54, 1.807) is 30.3 Å². The number of fused-ring (bicyclic) bond motifs is 3. The van der Waals surface area contributed by atoms with Crippen molar-refractivity contribution in [3.8, 4) is 17.6 Å². The van der Waals surface area contributed by atoms with E-state index in [0.717, 1.165) is 33.0 Å². The highest BCUT2D eigenvalue weighted by Gasteiger charge is 2.56. The fraction of sp³-hybridized carbons (Fsp3) is 0.474. The first-order valence-electron chi connectivity index (χ1n) is 17.9. The van der Waals surface area contributed by atoms with Crippen molar-refractivity contribution >= 4 is 52.7 Å². The van der Waals surface area contributed by atoms with Crippen LogP contribution >= 0.6 is 0 Å². The number of benzene rings is 2. The lowest BCUT2D eigenvalue weighted by Gasteiger charge is -2.27. The van der Waals surface area contributed by atoms with Gasteiger partial charge in [-0.3, -0.25) is 14.4 Å². The fourth-order valence-electron chi connectivity index (χ4n) is 6.91. The SMILES string of the molecule is C=[O+]c1ccc2c(c1)C(=O)N(C[C@@]1(C#Cc3ccc4c(c3)CC[C@@]43NC(=O)N(COCC[Si](C)(C)C)C3=O)NC(=O)N(COCC[Si](C)(C)C)C1=O)C2. The summed E-state index contributed by atoms with van der Waals surface area (Å²) in [6, 6.07) is 11.1. The number of ether oxygens (including phenoxy) is 2. The van der Waals surface area contributed by atoms with Gasteiger partial charge in [-0.15, -0.1) is 0 Å². The van der Waals surface area contributed by atoms with Crippen molar-refractivity contribution < 1.29 is 37.9 Å². The lowest BCUT2D eigenvalue weighted by atomic mass is 9.91. The average Bonchev–Trinajstić information content (AvgIpc) is 3.75. The van der Waals surface area contributed by atoms with Gasteiger partial charge in [-0.05, 0) is 59.8 Å². The van der Waals surface area contributed by atoms with Gasteiger partial charge in [-0.25, -0.2) is 23.8 Å². The van der Waals surface area contributed by atoms with E-state index in [2.05, 4.69) is 68.5 Å². The van der Waals surface area contributed by atoms with E-state index in [0.29, 0.717) is 48.5 Å². The second-order valence-corrected chi connectivity index (χ2v) is 27.8. The van der Waals surface area contributed by atoms with Crippen molar-refractivity contribution in [2.45, 2.75) is 81.8 Å². The number of imide groups is 2. The minimum Gasteiger partial charge on any atom is -0.361 e. The van der Waals surface area contributed by atoms with Gasteiger partial charge in [0.1, 0.15) is 19.0 Å². The third-order valence-electron chi connectivity index (χ3n) is 10.1. The molecule has 1 spiro atoms. The smallest absolute Gasteiger partial charge is 0.352 e. The van der Waals surface area contributed by atoms with Crippen LogP contribution in [0.25, 0.3) is 0 Å². The molecule has 1 aliphatic carbocycles. The highest BCUT2D eigenvalue weighted by molar-refractivity contribution is 6.76.